The number of benzene rings is 1. The van der Waals surface area contributed by atoms with Gasteiger partial charge < -0.3 is 16.4 Å². The van der Waals surface area contributed by atoms with Crippen molar-refractivity contribution in [2.45, 2.75) is 12.5 Å². The van der Waals surface area contributed by atoms with Gasteiger partial charge in [0.2, 0.25) is 5.91 Å². The van der Waals surface area contributed by atoms with Crippen molar-refractivity contribution < 1.29 is 9.18 Å². The molecular weight excluding hydrogens is 209 g/mol. The monoisotopic (exact) mass is 223 g/mol. The van der Waals surface area contributed by atoms with E-state index in [0.717, 1.165) is 5.56 Å². The number of amides is 1. The Morgan fingerprint density at radius 1 is 1.50 bits per heavy atom. The Kier molecular flexibility index (Phi) is 2.55. The van der Waals surface area contributed by atoms with Gasteiger partial charge in [0.1, 0.15) is 11.4 Å². The first-order valence-electron chi connectivity index (χ1n) is 5.08. The van der Waals surface area contributed by atoms with Gasteiger partial charge in [-0.3, -0.25) is 4.79 Å². The van der Waals surface area contributed by atoms with Crippen LogP contribution in [0.3, 0.4) is 0 Å². The van der Waals surface area contributed by atoms with Crippen molar-refractivity contribution in [3.8, 4) is 0 Å². The molecule has 0 spiro atoms. The third-order valence-corrected chi connectivity index (χ3v) is 2.75. The lowest BCUT2D eigenvalue weighted by atomic mass is 9.91. The summed E-state index contributed by atoms with van der Waals surface area (Å²) < 4.78 is 13.2. The molecule has 1 aliphatic rings. The van der Waals surface area contributed by atoms with Gasteiger partial charge in [-0.25, -0.2) is 4.39 Å². The molecule has 5 heteroatoms. The molecule has 1 saturated heterocycles. The SMILES string of the molecule is Cc1cc(F)cc(NC2(C(N)=O)CNC2)c1. The molecule has 1 heterocycles. The zero-order valence-corrected chi connectivity index (χ0v) is 9.01. The van der Waals surface area contributed by atoms with Crippen molar-refractivity contribution in [1.29, 1.82) is 0 Å². The van der Waals surface area contributed by atoms with E-state index in [4.69, 9.17) is 5.73 Å². The number of hydrogen-bond acceptors (Lipinski definition) is 3. The van der Waals surface area contributed by atoms with E-state index in [-0.39, 0.29) is 5.82 Å². The molecule has 4 N–H and O–H groups in total. The van der Waals surface area contributed by atoms with Gasteiger partial charge in [0.15, 0.2) is 0 Å². The maximum Gasteiger partial charge on any atom is 0.245 e. The molecule has 1 amide bonds. The second-order valence-electron chi connectivity index (χ2n) is 4.19. The number of anilines is 1. The highest BCUT2D eigenvalue weighted by molar-refractivity contribution is 5.90. The fourth-order valence-electron chi connectivity index (χ4n) is 1.78. The summed E-state index contributed by atoms with van der Waals surface area (Å²) in [5.41, 5.74) is 5.93. The minimum atomic E-state index is -0.778. The molecule has 1 aliphatic heterocycles. The van der Waals surface area contributed by atoms with Crippen molar-refractivity contribution in [3.63, 3.8) is 0 Å². The summed E-state index contributed by atoms with van der Waals surface area (Å²) in [5, 5.41) is 5.97. The number of carbonyl (C=O) groups excluding carboxylic acids is 1. The quantitative estimate of drug-likeness (QED) is 0.693. The Morgan fingerprint density at radius 2 is 2.19 bits per heavy atom. The lowest BCUT2D eigenvalue weighted by Gasteiger charge is -2.41. The van der Waals surface area contributed by atoms with Gasteiger partial charge in [-0.2, -0.15) is 0 Å². The fraction of sp³-hybridized carbons (Fsp3) is 0.364. The second-order valence-corrected chi connectivity index (χ2v) is 4.19. The zero-order valence-electron chi connectivity index (χ0n) is 9.01. The predicted octanol–water partition coefficient (Wildman–Crippen LogP) is 0.373. The third kappa shape index (κ3) is 1.86. The van der Waals surface area contributed by atoms with Crippen LogP contribution in [0.25, 0.3) is 0 Å². The van der Waals surface area contributed by atoms with Crippen LogP contribution in [0.5, 0.6) is 0 Å². The molecule has 0 saturated carbocycles. The van der Waals surface area contributed by atoms with Crippen LogP contribution in [0.2, 0.25) is 0 Å². The summed E-state index contributed by atoms with van der Waals surface area (Å²) in [4.78, 5) is 11.3. The van der Waals surface area contributed by atoms with E-state index >= 15 is 0 Å². The van der Waals surface area contributed by atoms with Crippen molar-refractivity contribution in [2.24, 2.45) is 5.73 Å². The molecule has 1 aromatic rings. The Balaban J connectivity index is 2.22. The molecule has 0 aromatic heterocycles. The average Bonchev–Trinajstić information content (AvgIpc) is 2.09. The Bertz CT molecular complexity index is 409. The van der Waals surface area contributed by atoms with E-state index in [9.17, 15) is 9.18 Å². The standard InChI is InChI=1S/C11H14FN3O/c1-7-2-8(12)4-9(3-7)15-11(10(13)16)5-14-6-11/h2-4,14-15H,5-6H2,1H3,(H2,13,16). The molecular formula is C11H14FN3O. The first-order valence-corrected chi connectivity index (χ1v) is 5.08. The lowest BCUT2D eigenvalue weighted by Crippen LogP contribution is -2.70. The Morgan fingerprint density at radius 3 is 2.62 bits per heavy atom. The average molecular weight is 223 g/mol. The van der Waals surface area contributed by atoms with Crippen LogP contribution >= 0.6 is 0 Å². The number of nitrogens with two attached hydrogens (primary N) is 1. The van der Waals surface area contributed by atoms with Gasteiger partial charge in [-0.1, -0.05) is 0 Å². The molecule has 1 aromatic carbocycles. The van der Waals surface area contributed by atoms with E-state index in [1.807, 2.05) is 0 Å². The number of carbonyl (C=O) groups is 1. The second kappa shape index (κ2) is 3.75. The fourth-order valence-corrected chi connectivity index (χ4v) is 1.78. The molecule has 86 valence electrons. The van der Waals surface area contributed by atoms with Gasteiger partial charge >= 0.3 is 0 Å². The summed E-state index contributed by atoms with van der Waals surface area (Å²) in [6.45, 7) is 2.74. The normalized spacial score (nSPS) is 17.6. The minimum absolute atomic E-state index is 0.325. The van der Waals surface area contributed by atoms with E-state index < -0.39 is 11.4 Å². The summed E-state index contributed by atoms with van der Waals surface area (Å²) in [6, 6.07) is 4.57. The molecule has 4 nitrogen and oxygen atoms in total. The van der Waals surface area contributed by atoms with Crippen LogP contribution in [-0.2, 0) is 4.79 Å². The van der Waals surface area contributed by atoms with Gasteiger partial charge in [-0.15, -0.1) is 0 Å². The molecule has 0 atom stereocenters. The number of primary amides is 1. The summed E-state index contributed by atoms with van der Waals surface area (Å²) in [6.07, 6.45) is 0. The zero-order chi connectivity index (χ0) is 11.8. The molecule has 0 aliphatic carbocycles. The van der Waals surface area contributed by atoms with Crippen LogP contribution < -0.4 is 16.4 Å². The van der Waals surface area contributed by atoms with Gasteiger partial charge in [0.05, 0.1) is 0 Å². The molecule has 2 rings (SSSR count). The van der Waals surface area contributed by atoms with E-state index in [2.05, 4.69) is 10.6 Å². The number of hydrogen-bond donors (Lipinski definition) is 3. The highest BCUT2D eigenvalue weighted by Crippen LogP contribution is 2.21. The lowest BCUT2D eigenvalue weighted by molar-refractivity contribution is -0.123. The van der Waals surface area contributed by atoms with Gasteiger partial charge in [-0.05, 0) is 30.7 Å². The first kappa shape index (κ1) is 10.9. The highest BCUT2D eigenvalue weighted by atomic mass is 19.1. The van der Waals surface area contributed by atoms with Crippen molar-refractivity contribution in [2.75, 3.05) is 18.4 Å². The first-order chi connectivity index (χ1) is 7.52. The van der Waals surface area contributed by atoms with Crippen LogP contribution in [0.1, 0.15) is 5.56 Å². The maximum absolute atomic E-state index is 13.2. The largest absolute Gasteiger partial charge is 0.369 e. The maximum atomic E-state index is 13.2. The van der Waals surface area contributed by atoms with E-state index in [0.29, 0.717) is 18.8 Å². The van der Waals surface area contributed by atoms with E-state index in [1.54, 1.807) is 13.0 Å². The Labute approximate surface area is 93.0 Å². The number of aryl methyl sites for hydroxylation is 1. The van der Waals surface area contributed by atoms with Crippen molar-refractivity contribution >= 4 is 11.6 Å². The Hall–Kier alpha value is -1.62. The van der Waals surface area contributed by atoms with Crippen molar-refractivity contribution in [1.82, 2.24) is 5.32 Å². The summed E-state index contributed by atoms with van der Waals surface area (Å²) in [7, 11) is 0. The van der Waals surface area contributed by atoms with Crippen LogP contribution in [0, 0.1) is 12.7 Å². The molecule has 0 radical (unpaired) electrons. The highest BCUT2D eigenvalue weighted by Gasteiger charge is 2.42. The van der Waals surface area contributed by atoms with Crippen LogP contribution in [0.4, 0.5) is 10.1 Å². The van der Waals surface area contributed by atoms with Crippen LogP contribution in [-0.4, -0.2) is 24.5 Å². The predicted molar refractivity (Wildman–Crippen MR) is 59.6 cm³/mol. The number of halogens is 1. The summed E-state index contributed by atoms with van der Waals surface area (Å²) in [5.74, 6) is -0.748. The van der Waals surface area contributed by atoms with E-state index in [1.165, 1.54) is 12.1 Å². The topological polar surface area (TPSA) is 67.1 Å². The molecule has 16 heavy (non-hydrogen) atoms. The van der Waals surface area contributed by atoms with Crippen LogP contribution in [0.15, 0.2) is 18.2 Å². The number of nitrogens with one attached hydrogen (secondary N) is 2. The van der Waals surface area contributed by atoms with Crippen molar-refractivity contribution in [3.05, 3.63) is 29.6 Å². The third-order valence-electron chi connectivity index (χ3n) is 2.75. The van der Waals surface area contributed by atoms with Gasteiger partial charge in [0.25, 0.3) is 0 Å². The molecule has 0 unspecified atom stereocenters. The molecule has 0 bridgehead atoms. The molecule has 1 fully saturated rings. The number of rotatable bonds is 3. The smallest absolute Gasteiger partial charge is 0.245 e. The van der Waals surface area contributed by atoms with Gasteiger partial charge in [0, 0.05) is 18.8 Å². The minimum Gasteiger partial charge on any atom is -0.369 e. The summed E-state index contributed by atoms with van der Waals surface area (Å²) >= 11 is 0.